The summed E-state index contributed by atoms with van der Waals surface area (Å²) in [4.78, 5) is 23.8. The van der Waals surface area contributed by atoms with Gasteiger partial charge in [0.1, 0.15) is 6.10 Å². The van der Waals surface area contributed by atoms with Gasteiger partial charge in [-0.25, -0.2) is 4.98 Å². The van der Waals surface area contributed by atoms with Crippen LogP contribution in [-0.4, -0.2) is 40.0 Å². The summed E-state index contributed by atoms with van der Waals surface area (Å²) in [6, 6.07) is 7.81. The van der Waals surface area contributed by atoms with Gasteiger partial charge in [-0.2, -0.15) is 0 Å². The minimum atomic E-state index is -0.418. The third kappa shape index (κ3) is 3.79. The number of aromatic nitrogens is 2. The Bertz CT molecular complexity index is 776. The van der Waals surface area contributed by atoms with Crippen molar-refractivity contribution in [1.29, 1.82) is 0 Å². The summed E-state index contributed by atoms with van der Waals surface area (Å²) in [7, 11) is 0. The highest BCUT2D eigenvalue weighted by molar-refractivity contribution is 6.30. The van der Waals surface area contributed by atoms with Crippen LogP contribution in [0.25, 0.3) is 0 Å². The summed E-state index contributed by atoms with van der Waals surface area (Å²) < 4.78 is 5.97. The van der Waals surface area contributed by atoms with Gasteiger partial charge in [0.25, 0.3) is 0 Å². The van der Waals surface area contributed by atoms with Crippen LogP contribution in [0.5, 0.6) is 5.88 Å². The number of carbonyl (C=O) groups is 1. The van der Waals surface area contributed by atoms with Gasteiger partial charge in [-0.3, -0.25) is 9.78 Å². The van der Waals surface area contributed by atoms with E-state index >= 15 is 0 Å². The molecule has 1 saturated carbocycles. The van der Waals surface area contributed by atoms with Crippen LogP contribution in [0.4, 0.5) is 0 Å². The molecule has 1 unspecified atom stereocenters. The number of piperidine rings is 1. The molecular formula is C21H24ClN3O2. The number of ether oxygens (including phenoxy) is 1. The molecular weight excluding hydrogens is 362 g/mol. The predicted molar refractivity (Wildman–Crippen MR) is 104 cm³/mol. The number of likely N-dealkylation sites (tertiary alicyclic amines) is 1. The van der Waals surface area contributed by atoms with Crippen molar-refractivity contribution in [2.75, 3.05) is 13.1 Å². The molecule has 4 rings (SSSR count). The molecule has 1 aliphatic carbocycles. The zero-order valence-corrected chi connectivity index (χ0v) is 16.1. The standard InChI is InChI=1S/C21H24ClN3O2/c22-17-7-5-16(6-8-17)21(9-1-2-10-21)20(26)25-13-3-4-18(15-25)27-19-14-23-11-12-24-19/h5-8,11-12,14,18H,1-4,9-10,13,15H2. The van der Waals surface area contributed by atoms with Crippen LogP contribution < -0.4 is 4.74 Å². The number of nitrogens with zero attached hydrogens (tertiary/aromatic N) is 3. The average Bonchev–Trinajstić information content (AvgIpc) is 3.20. The largest absolute Gasteiger partial charge is 0.471 e. The van der Waals surface area contributed by atoms with Gasteiger partial charge in [-0.05, 0) is 43.4 Å². The smallest absolute Gasteiger partial charge is 0.233 e. The molecule has 0 radical (unpaired) electrons. The Morgan fingerprint density at radius 3 is 2.63 bits per heavy atom. The molecule has 2 aliphatic rings. The van der Waals surface area contributed by atoms with E-state index in [1.165, 1.54) is 0 Å². The SMILES string of the molecule is O=C(N1CCCC(Oc2cnccn2)C1)C1(c2ccc(Cl)cc2)CCCC1. The first-order valence-corrected chi connectivity index (χ1v) is 10.0. The van der Waals surface area contributed by atoms with Gasteiger partial charge in [-0.15, -0.1) is 0 Å². The van der Waals surface area contributed by atoms with E-state index in [1.807, 2.05) is 29.2 Å². The molecule has 2 fully saturated rings. The van der Waals surface area contributed by atoms with Crippen LogP contribution >= 0.6 is 11.6 Å². The predicted octanol–water partition coefficient (Wildman–Crippen LogP) is 4.01. The van der Waals surface area contributed by atoms with Crippen LogP contribution in [0.2, 0.25) is 5.02 Å². The molecule has 27 heavy (non-hydrogen) atoms. The lowest BCUT2D eigenvalue weighted by Crippen LogP contribution is -2.51. The molecule has 1 atom stereocenters. The molecule has 0 bridgehead atoms. The highest BCUT2D eigenvalue weighted by Crippen LogP contribution is 2.43. The molecule has 1 aliphatic heterocycles. The summed E-state index contributed by atoms with van der Waals surface area (Å²) in [5, 5.41) is 0.703. The van der Waals surface area contributed by atoms with Crippen molar-refractivity contribution in [3.63, 3.8) is 0 Å². The van der Waals surface area contributed by atoms with Gasteiger partial charge < -0.3 is 9.64 Å². The maximum absolute atomic E-state index is 13.6. The van der Waals surface area contributed by atoms with Gasteiger partial charge in [-0.1, -0.05) is 36.6 Å². The fourth-order valence-corrected chi connectivity index (χ4v) is 4.54. The minimum absolute atomic E-state index is 0.0388. The molecule has 1 saturated heterocycles. The quantitative estimate of drug-likeness (QED) is 0.797. The van der Waals surface area contributed by atoms with Crippen molar-refractivity contribution in [1.82, 2.24) is 14.9 Å². The van der Waals surface area contributed by atoms with Crippen molar-refractivity contribution in [3.8, 4) is 5.88 Å². The molecule has 1 aromatic heterocycles. The normalized spacial score (nSPS) is 21.8. The van der Waals surface area contributed by atoms with E-state index < -0.39 is 5.41 Å². The molecule has 1 aromatic carbocycles. The number of hydrogen-bond acceptors (Lipinski definition) is 4. The van der Waals surface area contributed by atoms with Gasteiger partial charge in [0.2, 0.25) is 11.8 Å². The fraction of sp³-hybridized carbons (Fsp3) is 0.476. The number of hydrogen-bond donors (Lipinski definition) is 0. The Kier molecular flexibility index (Phi) is 5.30. The molecule has 1 amide bonds. The van der Waals surface area contributed by atoms with Crippen molar-refractivity contribution >= 4 is 17.5 Å². The third-order valence-corrected chi connectivity index (χ3v) is 6.01. The maximum Gasteiger partial charge on any atom is 0.233 e. The second-order valence-electron chi connectivity index (χ2n) is 7.47. The number of amides is 1. The van der Waals surface area contributed by atoms with Crippen molar-refractivity contribution in [2.24, 2.45) is 0 Å². The number of halogens is 1. The topological polar surface area (TPSA) is 55.3 Å². The Morgan fingerprint density at radius 2 is 1.93 bits per heavy atom. The first-order chi connectivity index (χ1) is 13.2. The zero-order valence-electron chi connectivity index (χ0n) is 15.3. The highest BCUT2D eigenvalue weighted by Gasteiger charge is 2.45. The Morgan fingerprint density at radius 1 is 1.15 bits per heavy atom. The highest BCUT2D eigenvalue weighted by atomic mass is 35.5. The molecule has 5 nitrogen and oxygen atoms in total. The van der Waals surface area contributed by atoms with E-state index in [0.29, 0.717) is 17.4 Å². The lowest BCUT2D eigenvalue weighted by molar-refractivity contribution is -0.140. The first-order valence-electron chi connectivity index (χ1n) is 9.65. The van der Waals surface area contributed by atoms with E-state index in [4.69, 9.17) is 16.3 Å². The second-order valence-corrected chi connectivity index (χ2v) is 7.91. The molecule has 0 N–H and O–H groups in total. The average molecular weight is 386 g/mol. The molecule has 142 valence electrons. The Labute approximate surface area is 164 Å². The summed E-state index contributed by atoms with van der Waals surface area (Å²) in [5.41, 5.74) is 0.672. The summed E-state index contributed by atoms with van der Waals surface area (Å²) >= 11 is 6.07. The Hall–Kier alpha value is -2.14. The van der Waals surface area contributed by atoms with Gasteiger partial charge in [0.05, 0.1) is 18.2 Å². The first kappa shape index (κ1) is 18.2. The number of carbonyl (C=O) groups excluding carboxylic acids is 1. The zero-order chi connectivity index (χ0) is 18.7. The summed E-state index contributed by atoms with van der Waals surface area (Å²) in [5.74, 6) is 0.750. The number of rotatable bonds is 4. The third-order valence-electron chi connectivity index (χ3n) is 5.76. The maximum atomic E-state index is 13.6. The molecule has 6 heteroatoms. The lowest BCUT2D eigenvalue weighted by Gasteiger charge is -2.39. The lowest BCUT2D eigenvalue weighted by atomic mass is 9.77. The summed E-state index contributed by atoms with van der Waals surface area (Å²) in [6.45, 7) is 1.39. The molecule has 2 heterocycles. The van der Waals surface area contributed by atoms with Gasteiger partial charge in [0.15, 0.2) is 0 Å². The van der Waals surface area contributed by atoms with Crippen LogP contribution in [-0.2, 0) is 10.2 Å². The van der Waals surface area contributed by atoms with Crippen LogP contribution in [0.15, 0.2) is 42.9 Å². The van der Waals surface area contributed by atoms with E-state index in [0.717, 1.165) is 50.6 Å². The van der Waals surface area contributed by atoms with E-state index in [9.17, 15) is 4.79 Å². The van der Waals surface area contributed by atoms with Crippen molar-refractivity contribution in [2.45, 2.75) is 50.0 Å². The van der Waals surface area contributed by atoms with Gasteiger partial charge in [0, 0.05) is 24.0 Å². The fourth-order valence-electron chi connectivity index (χ4n) is 4.41. The van der Waals surface area contributed by atoms with E-state index in [1.54, 1.807) is 18.6 Å². The molecule has 0 spiro atoms. The van der Waals surface area contributed by atoms with Gasteiger partial charge >= 0.3 is 0 Å². The van der Waals surface area contributed by atoms with Crippen molar-refractivity contribution < 1.29 is 9.53 Å². The van der Waals surface area contributed by atoms with E-state index in [2.05, 4.69) is 9.97 Å². The molecule has 2 aromatic rings. The van der Waals surface area contributed by atoms with E-state index in [-0.39, 0.29) is 12.0 Å². The van der Waals surface area contributed by atoms with Crippen LogP contribution in [0, 0.1) is 0 Å². The minimum Gasteiger partial charge on any atom is -0.471 e. The van der Waals surface area contributed by atoms with Crippen molar-refractivity contribution in [3.05, 3.63) is 53.4 Å². The summed E-state index contributed by atoms with van der Waals surface area (Å²) in [6.07, 6.45) is 10.7. The monoisotopic (exact) mass is 385 g/mol. The number of benzene rings is 1. The Balaban J connectivity index is 1.52. The van der Waals surface area contributed by atoms with Crippen LogP contribution in [0.1, 0.15) is 44.1 Å². The second kappa shape index (κ2) is 7.85. The van der Waals surface area contributed by atoms with Crippen LogP contribution in [0.3, 0.4) is 0 Å².